The molecule has 19 heteroatoms. The van der Waals surface area contributed by atoms with Crippen molar-refractivity contribution >= 4 is 25.7 Å². The van der Waals surface area contributed by atoms with Gasteiger partial charge in [-0.25, -0.2) is 8.78 Å². The van der Waals surface area contributed by atoms with Gasteiger partial charge in [0.05, 0.1) is 0 Å². The van der Waals surface area contributed by atoms with Gasteiger partial charge in [-0.15, -0.1) is 0 Å². The molecule has 0 saturated heterocycles. The first-order valence-corrected chi connectivity index (χ1v) is 11.6. The van der Waals surface area contributed by atoms with Crippen molar-refractivity contribution in [2.24, 2.45) is 0 Å². The summed E-state index contributed by atoms with van der Waals surface area (Å²) >= 11 is 0. The average molecular weight is 454 g/mol. The van der Waals surface area contributed by atoms with Crippen molar-refractivity contribution in [2.45, 2.75) is 29.1 Å². The molecule has 152 valence electrons. The SMILES string of the molecule is CO[Si](O)(C(F)(F)F)C(F)(F)[Si](O)(O[Si](C)(O)C(F)(F)F)C(F)(F)F. The Morgan fingerprint density at radius 1 is 0.640 bits per heavy atom. The van der Waals surface area contributed by atoms with Gasteiger partial charge in [-0.3, -0.25) is 0 Å². The molecule has 0 amide bonds. The van der Waals surface area contributed by atoms with Crippen LogP contribution in [0.4, 0.5) is 48.3 Å². The third-order valence-corrected chi connectivity index (χ3v) is 12.5. The van der Waals surface area contributed by atoms with Crippen molar-refractivity contribution in [1.82, 2.24) is 0 Å². The molecule has 3 unspecified atom stereocenters. The molecule has 0 rings (SSSR count). The lowest BCUT2D eigenvalue weighted by atomic mass is 11.5. The minimum Gasteiger partial charge on any atom is -0.406 e. The third-order valence-electron chi connectivity index (χ3n) is 2.79. The molecule has 0 aromatic rings. The topological polar surface area (TPSA) is 79.2 Å². The zero-order chi connectivity index (χ0) is 20.9. The van der Waals surface area contributed by atoms with E-state index in [9.17, 15) is 48.3 Å². The van der Waals surface area contributed by atoms with E-state index in [0.717, 1.165) is 0 Å². The molecule has 25 heavy (non-hydrogen) atoms. The van der Waals surface area contributed by atoms with Crippen LogP contribution in [-0.2, 0) is 8.54 Å². The van der Waals surface area contributed by atoms with Crippen LogP contribution in [-0.4, -0.2) is 69.7 Å². The molecule has 0 aliphatic rings. The molecule has 3 atom stereocenters. The van der Waals surface area contributed by atoms with Crippen molar-refractivity contribution in [3.05, 3.63) is 0 Å². The summed E-state index contributed by atoms with van der Waals surface area (Å²) in [5.74, 6) is -19.5. The third kappa shape index (κ3) is 3.86. The zero-order valence-corrected chi connectivity index (χ0v) is 14.8. The Hall–Kier alpha value is -0.319. The molecular formula is C6H9F11O5Si3. The summed E-state index contributed by atoms with van der Waals surface area (Å²) in [5, 5.41) is -6.73. The van der Waals surface area contributed by atoms with Crippen LogP contribution in [0, 0.1) is 0 Å². The maximum atomic E-state index is 13.9. The van der Waals surface area contributed by atoms with Gasteiger partial charge in [0, 0.05) is 7.11 Å². The molecule has 0 spiro atoms. The van der Waals surface area contributed by atoms with Gasteiger partial charge < -0.3 is 22.9 Å². The fraction of sp³-hybridized carbons (Fsp3) is 1.00. The van der Waals surface area contributed by atoms with Gasteiger partial charge >= 0.3 is 48.3 Å². The molecule has 0 radical (unpaired) electrons. The van der Waals surface area contributed by atoms with Gasteiger partial charge in [0.2, 0.25) is 0 Å². The van der Waals surface area contributed by atoms with Gasteiger partial charge in [-0.05, 0) is 6.55 Å². The fourth-order valence-corrected chi connectivity index (χ4v) is 9.69. The van der Waals surface area contributed by atoms with E-state index in [1.54, 1.807) is 0 Å². The Kier molecular flexibility index (Phi) is 6.30. The molecule has 3 N–H and O–H groups in total. The highest BCUT2D eigenvalue weighted by atomic mass is 28.5. The van der Waals surface area contributed by atoms with E-state index < -0.39 is 54.8 Å². The molecule has 0 aliphatic carbocycles. The lowest BCUT2D eigenvalue weighted by molar-refractivity contribution is -0.141. The molecule has 0 saturated carbocycles. The quantitative estimate of drug-likeness (QED) is 0.435. The van der Waals surface area contributed by atoms with Gasteiger partial charge in [0.15, 0.2) is 0 Å². The second kappa shape index (κ2) is 6.38. The van der Waals surface area contributed by atoms with Gasteiger partial charge in [-0.2, -0.15) is 39.5 Å². The summed E-state index contributed by atoms with van der Waals surface area (Å²) in [6.07, 6.45) is 0. The van der Waals surface area contributed by atoms with Gasteiger partial charge in [0.25, 0.3) is 0 Å². The fourth-order valence-electron chi connectivity index (χ4n) is 1.30. The summed E-state index contributed by atoms with van der Waals surface area (Å²) in [6, 6.07) is 0. The smallest absolute Gasteiger partial charge is 0.406 e. The lowest BCUT2D eigenvalue weighted by Gasteiger charge is -2.42. The normalized spacial score (nSPS) is 22.1. The standard InChI is InChI=1S/C6H9F11O5Si3/c1-21-24(19,4(10,11)12)6(16,17)25(20,5(13,14)15)22-23(2,18)3(7,8)9/h18-20H,1-2H3. The molecule has 0 heterocycles. The number of hydrogen-bond acceptors (Lipinski definition) is 5. The van der Waals surface area contributed by atoms with E-state index >= 15 is 0 Å². The Morgan fingerprint density at radius 2 is 0.960 bits per heavy atom. The predicted molar refractivity (Wildman–Crippen MR) is 61.0 cm³/mol. The highest BCUT2D eigenvalue weighted by molar-refractivity contribution is 6.94. The van der Waals surface area contributed by atoms with Crippen LogP contribution in [0.2, 0.25) is 6.55 Å². The Morgan fingerprint density at radius 3 is 1.16 bits per heavy atom. The highest BCUT2D eigenvalue weighted by Crippen LogP contribution is 2.50. The van der Waals surface area contributed by atoms with Crippen molar-refractivity contribution in [1.29, 1.82) is 0 Å². The molecule has 5 nitrogen and oxygen atoms in total. The van der Waals surface area contributed by atoms with Crippen molar-refractivity contribution in [3.63, 3.8) is 0 Å². The summed E-state index contributed by atoms with van der Waals surface area (Å²) in [5.41, 5.74) is 0. The summed E-state index contributed by atoms with van der Waals surface area (Å²) in [7, 11) is -23.4. The van der Waals surface area contributed by atoms with E-state index in [-0.39, 0.29) is 7.11 Å². The van der Waals surface area contributed by atoms with Crippen LogP contribution in [0.15, 0.2) is 0 Å². The van der Waals surface area contributed by atoms with Crippen LogP contribution in [0.5, 0.6) is 0 Å². The average Bonchev–Trinajstić information content (AvgIpc) is 2.32. The van der Waals surface area contributed by atoms with E-state index in [0.29, 0.717) is 0 Å². The molecular weight excluding hydrogens is 445 g/mol. The van der Waals surface area contributed by atoms with E-state index in [1.165, 1.54) is 0 Å². The molecule has 0 aromatic heterocycles. The highest BCUT2D eigenvalue weighted by Gasteiger charge is 2.92. The zero-order valence-electron chi connectivity index (χ0n) is 11.8. The maximum Gasteiger partial charge on any atom is 0.529 e. The number of hydrogen-bond donors (Lipinski definition) is 3. The number of halogens is 11. The lowest BCUT2D eigenvalue weighted by Crippen LogP contribution is -2.83. The molecule has 0 bridgehead atoms. The monoisotopic (exact) mass is 454 g/mol. The van der Waals surface area contributed by atoms with Gasteiger partial charge in [0.1, 0.15) is 0 Å². The minimum atomic E-state index is -8.46. The van der Waals surface area contributed by atoms with Gasteiger partial charge in [-0.1, -0.05) is 0 Å². The number of alkyl halides is 11. The largest absolute Gasteiger partial charge is 0.529 e. The van der Waals surface area contributed by atoms with Crippen molar-refractivity contribution in [3.8, 4) is 0 Å². The number of rotatable bonds is 5. The first-order valence-electron chi connectivity index (χ1n) is 5.52. The summed E-state index contributed by atoms with van der Waals surface area (Å²) in [4.78, 5) is 27.0. The van der Waals surface area contributed by atoms with Crippen LogP contribution < -0.4 is 0 Å². The predicted octanol–water partition coefficient (Wildman–Crippen LogP) is 1.60. The molecule has 0 aromatic carbocycles. The summed E-state index contributed by atoms with van der Waals surface area (Å²) in [6.45, 7) is -0.520. The van der Waals surface area contributed by atoms with Crippen LogP contribution in [0.3, 0.4) is 0 Å². The maximum absolute atomic E-state index is 13.9. The Balaban J connectivity index is 6.59. The molecule has 0 aliphatic heterocycles. The first kappa shape index (κ1) is 24.7. The van der Waals surface area contributed by atoms with Crippen molar-refractivity contribution in [2.75, 3.05) is 7.11 Å². The summed E-state index contributed by atoms with van der Waals surface area (Å²) < 4.78 is 147. The van der Waals surface area contributed by atoms with Crippen LogP contribution in [0.1, 0.15) is 0 Å². The van der Waals surface area contributed by atoms with Crippen LogP contribution >= 0.6 is 0 Å². The minimum absolute atomic E-state index is 0.280. The van der Waals surface area contributed by atoms with Crippen LogP contribution in [0.25, 0.3) is 0 Å². The van der Waals surface area contributed by atoms with E-state index in [2.05, 4.69) is 8.54 Å². The Bertz CT molecular complexity index is 490. The second-order valence-corrected chi connectivity index (χ2v) is 13.9. The Labute approximate surface area is 134 Å². The van der Waals surface area contributed by atoms with E-state index in [4.69, 9.17) is 14.4 Å². The molecule has 0 fully saturated rings. The van der Waals surface area contributed by atoms with Crippen molar-refractivity contribution < 1.29 is 71.2 Å². The first-order chi connectivity index (χ1) is 10.5. The second-order valence-electron chi connectivity index (χ2n) is 4.64. The van der Waals surface area contributed by atoms with E-state index in [1.807, 2.05) is 0 Å².